The Hall–Kier alpha value is -2.45. The highest BCUT2D eigenvalue weighted by molar-refractivity contribution is 6.01. The SMILES string of the molecule is CC1CCC(NC(=O)c2c(O)c3cccnc3n(CCN3CCO[C@H](C)C3)c2=O)CC1. The van der Waals surface area contributed by atoms with Gasteiger partial charge in [-0.15, -0.1) is 0 Å². The fourth-order valence-corrected chi connectivity index (χ4v) is 4.67. The summed E-state index contributed by atoms with van der Waals surface area (Å²) in [5, 5.41) is 14.2. The van der Waals surface area contributed by atoms with Crippen molar-refractivity contribution in [2.45, 2.75) is 58.2 Å². The van der Waals surface area contributed by atoms with E-state index < -0.39 is 11.5 Å². The molecular weight excluding hydrogens is 396 g/mol. The summed E-state index contributed by atoms with van der Waals surface area (Å²) in [5.41, 5.74) is -0.282. The summed E-state index contributed by atoms with van der Waals surface area (Å²) in [4.78, 5) is 33.0. The molecule has 1 amide bonds. The number of fused-ring (bicyclic) bond motifs is 1. The van der Waals surface area contributed by atoms with Crippen LogP contribution in [0.2, 0.25) is 0 Å². The molecule has 1 saturated carbocycles. The standard InChI is InChI=1S/C23H32N4O4/c1-15-5-7-17(8-6-15)25-22(29)19-20(28)18-4-3-9-24-21(18)27(23(19)30)11-10-26-12-13-31-16(2)14-26/h3-4,9,15-17,28H,5-8,10-14H2,1-2H3,(H,25,29)/t15?,16-,17?/m1/s1. The van der Waals surface area contributed by atoms with Crippen molar-refractivity contribution in [1.29, 1.82) is 0 Å². The number of rotatable bonds is 5. The molecule has 0 spiro atoms. The Labute approximate surface area is 182 Å². The second-order valence-electron chi connectivity index (χ2n) is 8.97. The zero-order chi connectivity index (χ0) is 22.0. The molecule has 168 valence electrons. The summed E-state index contributed by atoms with van der Waals surface area (Å²) in [5.74, 6) is -0.124. The van der Waals surface area contributed by atoms with Crippen LogP contribution in [0.3, 0.4) is 0 Å². The third kappa shape index (κ3) is 4.75. The van der Waals surface area contributed by atoms with Crippen molar-refractivity contribution in [3.63, 3.8) is 0 Å². The number of carbonyl (C=O) groups is 1. The topological polar surface area (TPSA) is 96.7 Å². The molecule has 0 unspecified atom stereocenters. The maximum absolute atomic E-state index is 13.3. The number of aromatic hydroxyl groups is 1. The molecule has 3 heterocycles. The number of pyridine rings is 2. The predicted octanol–water partition coefficient (Wildman–Crippen LogP) is 2.13. The van der Waals surface area contributed by atoms with E-state index in [9.17, 15) is 14.7 Å². The van der Waals surface area contributed by atoms with Crippen molar-refractivity contribution >= 4 is 16.9 Å². The van der Waals surface area contributed by atoms with Crippen molar-refractivity contribution in [3.8, 4) is 5.75 Å². The third-order valence-electron chi connectivity index (χ3n) is 6.54. The lowest BCUT2D eigenvalue weighted by Crippen LogP contribution is -2.44. The Balaban J connectivity index is 1.62. The molecule has 1 aliphatic heterocycles. The largest absolute Gasteiger partial charge is 0.506 e. The molecule has 1 saturated heterocycles. The smallest absolute Gasteiger partial charge is 0.268 e. The summed E-state index contributed by atoms with van der Waals surface area (Å²) in [6, 6.07) is 3.43. The lowest BCUT2D eigenvalue weighted by molar-refractivity contribution is -0.0191. The molecule has 4 rings (SSSR count). The van der Waals surface area contributed by atoms with Crippen LogP contribution in [0.15, 0.2) is 23.1 Å². The number of aromatic nitrogens is 2. The fraction of sp³-hybridized carbons (Fsp3) is 0.609. The molecular formula is C23H32N4O4. The number of nitrogens with one attached hydrogen (secondary N) is 1. The van der Waals surface area contributed by atoms with Crippen molar-refractivity contribution in [2.75, 3.05) is 26.2 Å². The van der Waals surface area contributed by atoms with E-state index >= 15 is 0 Å². The van der Waals surface area contributed by atoms with Gasteiger partial charge in [-0.3, -0.25) is 19.1 Å². The number of carbonyl (C=O) groups excluding carboxylic acids is 1. The molecule has 2 aromatic rings. The number of hydrogen-bond acceptors (Lipinski definition) is 6. The number of morpholine rings is 1. The first-order valence-corrected chi connectivity index (χ1v) is 11.3. The Morgan fingerprint density at radius 1 is 1.26 bits per heavy atom. The van der Waals surface area contributed by atoms with Crippen LogP contribution in [-0.2, 0) is 11.3 Å². The Bertz CT molecular complexity index is 997. The van der Waals surface area contributed by atoms with Gasteiger partial charge in [0, 0.05) is 38.4 Å². The molecule has 0 radical (unpaired) electrons. The summed E-state index contributed by atoms with van der Waals surface area (Å²) >= 11 is 0. The van der Waals surface area contributed by atoms with E-state index in [1.54, 1.807) is 18.3 Å². The van der Waals surface area contributed by atoms with Gasteiger partial charge in [-0.25, -0.2) is 4.98 Å². The maximum atomic E-state index is 13.3. The lowest BCUT2D eigenvalue weighted by Gasteiger charge is -2.31. The molecule has 2 aromatic heterocycles. The summed E-state index contributed by atoms with van der Waals surface area (Å²) in [6.45, 7) is 7.55. The van der Waals surface area contributed by atoms with Gasteiger partial charge in [0.1, 0.15) is 17.0 Å². The van der Waals surface area contributed by atoms with Crippen LogP contribution in [0, 0.1) is 5.92 Å². The molecule has 1 aliphatic carbocycles. The Morgan fingerprint density at radius 2 is 2.03 bits per heavy atom. The number of hydrogen-bond donors (Lipinski definition) is 2. The molecule has 31 heavy (non-hydrogen) atoms. The maximum Gasteiger partial charge on any atom is 0.268 e. The van der Waals surface area contributed by atoms with Crippen LogP contribution in [0.5, 0.6) is 5.75 Å². The molecule has 0 bridgehead atoms. The summed E-state index contributed by atoms with van der Waals surface area (Å²) in [6.07, 6.45) is 5.65. The highest BCUT2D eigenvalue weighted by atomic mass is 16.5. The van der Waals surface area contributed by atoms with E-state index in [0.717, 1.165) is 38.8 Å². The number of nitrogens with zero attached hydrogens (tertiary/aromatic N) is 3. The number of amides is 1. The first kappa shape index (κ1) is 21.8. The van der Waals surface area contributed by atoms with Gasteiger partial charge < -0.3 is 15.2 Å². The van der Waals surface area contributed by atoms with Gasteiger partial charge in [0.05, 0.1) is 18.1 Å². The molecule has 8 heteroatoms. The van der Waals surface area contributed by atoms with Crippen LogP contribution >= 0.6 is 0 Å². The molecule has 2 N–H and O–H groups in total. The third-order valence-corrected chi connectivity index (χ3v) is 6.54. The minimum atomic E-state index is -0.499. The minimum Gasteiger partial charge on any atom is -0.506 e. The monoisotopic (exact) mass is 428 g/mol. The summed E-state index contributed by atoms with van der Waals surface area (Å²) in [7, 11) is 0. The van der Waals surface area contributed by atoms with Crippen LogP contribution in [0.25, 0.3) is 11.0 Å². The lowest BCUT2D eigenvalue weighted by atomic mass is 9.87. The fourth-order valence-electron chi connectivity index (χ4n) is 4.67. The minimum absolute atomic E-state index is 0.0374. The predicted molar refractivity (Wildman–Crippen MR) is 118 cm³/mol. The normalized spacial score (nSPS) is 24.9. The van der Waals surface area contributed by atoms with Gasteiger partial charge >= 0.3 is 0 Å². The summed E-state index contributed by atoms with van der Waals surface area (Å²) < 4.78 is 7.11. The van der Waals surface area contributed by atoms with Crippen molar-refractivity contribution in [3.05, 3.63) is 34.2 Å². The molecule has 8 nitrogen and oxygen atoms in total. The quantitative estimate of drug-likeness (QED) is 0.757. The van der Waals surface area contributed by atoms with Crippen LogP contribution in [0.1, 0.15) is 49.9 Å². The Morgan fingerprint density at radius 3 is 2.77 bits per heavy atom. The van der Waals surface area contributed by atoms with Crippen molar-refractivity contribution in [2.24, 2.45) is 5.92 Å². The van der Waals surface area contributed by atoms with Gasteiger partial charge in [0.15, 0.2) is 0 Å². The van der Waals surface area contributed by atoms with Gasteiger partial charge in [-0.1, -0.05) is 6.92 Å². The van der Waals surface area contributed by atoms with E-state index in [1.807, 2.05) is 6.92 Å². The second kappa shape index (κ2) is 9.36. The zero-order valence-electron chi connectivity index (χ0n) is 18.3. The average molecular weight is 429 g/mol. The van der Waals surface area contributed by atoms with Gasteiger partial charge in [0.2, 0.25) is 0 Å². The molecule has 1 atom stereocenters. The average Bonchev–Trinajstić information content (AvgIpc) is 2.75. The van der Waals surface area contributed by atoms with Crippen LogP contribution in [0.4, 0.5) is 0 Å². The van der Waals surface area contributed by atoms with Gasteiger partial charge in [-0.05, 0) is 50.7 Å². The van der Waals surface area contributed by atoms with Gasteiger partial charge in [0.25, 0.3) is 11.5 Å². The Kier molecular flexibility index (Phi) is 6.57. The van der Waals surface area contributed by atoms with Crippen LogP contribution < -0.4 is 10.9 Å². The second-order valence-corrected chi connectivity index (χ2v) is 8.97. The van der Waals surface area contributed by atoms with E-state index in [1.165, 1.54) is 4.57 Å². The van der Waals surface area contributed by atoms with Crippen molar-refractivity contribution in [1.82, 2.24) is 19.8 Å². The van der Waals surface area contributed by atoms with E-state index in [2.05, 4.69) is 22.1 Å². The van der Waals surface area contributed by atoms with E-state index in [4.69, 9.17) is 4.74 Å². The zero-order valence-corrected chi connectivity index (χ0v) is 18.3. The first-order valence-electron chi connectivity index (χ1n) is 11.3. The van der Waals surface area contributed by atoms with E-state index in [-0.39, 0.29) is 23.5 Å². The molecule has 2 fully saturated rings. The highest BCUT2D eigenvalue weighted by Gasteiger charge is 2.27. The number of ether oxygens (including phenoxy) is 1. The van der Waals surface area contributed by atoms with Gasteiger partial charge in [-0.2, -0.15) is 0 Å². The van der Waals surface area contributed by atoms with Crippen molar-refractivity contribution < 1.29 is 14.6 Å². The van der Waals surface area contributed by atoms with E-state index in [0.29, 0.717) is 36.6 Å². The van der Waals surface area contributed by atoms with Crippen LogP contribution in [-0.4, -0.2) is 63.9 Å². The first-order chi connectivity index (χ1) is 14.9. The molecule has 0 aromatic carbocycles. The highest BCUT2D eigenvalue weighted by Crippen LogP contribution is 2.27. The molecule has 2 aliphatic rings.